The number of nitrogens with two attached hydrogens (primary N) is 1. The zero-order valence-corrected chi connectivity index (χ0v) is 8.95. The molecule has 1 aromatic rings. The molecule has 16 heavy (non-hydrogen) atoms. The summed E-state index contributed by atoms with van der Waals surface area (Å²) in [4.78, 5) is 25.4. The molecular weight excluding hydrogens is 206 g/mol. The molecule has 0 aliphatic heterocycles. The number of H-pyrrole nitrogens is 1. The number of nitrogens with one attached hydrogen (secondary N) is 2. The lowest BCUT2D eigenvalue weighted by molar-refractivity contribution is 0.0832. The smallest absolute Gasteiger partial charge is 0.268 e. The summed E-state index contributed by atoms with van der Waals surface area (Å²) in [5, 5.41) is 2.89. The van der Waals surface area contributed by atoms with Crippen molar-refractivity contribution in [2.45, 2.75) is 24.8 Å². The van der Waals surface area contributed by atoms with Gasteiger partial charge in [0.15, 0.2) is 0 Å². The highest BCUT2D eigenvalue weighted by molar-refractivity contribution is 5.92. The first-order chi connectivity index (χ1) is 7.65. The zero-order chi connectivity index (χ0) is 11.6. The predicted octanol–water partition coefficient (Wildman–Crippen LogP) is -0.0139. The molecular formula is C11H15N3O2. The van der Waals surface area contributed by atoms with E-state index in [1.54, 1.807) is 12.1 Å². The van der Waals surface area contributed by atoms with Crippen molar-refractivity contribution in [1.29, 1.82) is 0 Å². The number of rotatable bonds is 3. The predicted molar refractivity (Wildman–Crippen MR) is 60.2 cm³/mol. The van der Waals surface area contributed by atoms with E-state index in [1.165, 1.54) is 6.07 Å². The monoisotopic (exact) mass is 221 g/mol. The summed E-state index contributed by atoms with van der Waals surface area (Å²) in [5.41, 5.74) is 5.39. The van der Waals surface area contributed by atoms with Crippen LogP contribution >= 0.6 is 0 Å². The quantitative estimate of drug-likeness (QED) is 0.670. The van der Waals surface area contributed by atoms with Gasteiger partial charge in [-0.05, 0) is 25.3 Å². The van der Waals surface area contributed by atoms with Crippen LogP contribution in [-0.4, -0.2) is 23.0 Å². The van der Waals surface area contributed by atoms with Crippen molar-refractivity contribution < 1.29 is 4.79 Å². The minimum atomic E-state index is -0.275. The number of hydrogen-bond acceptors (Lipinski definition) is 3. The Morgan fingerprint density at radius 1 is 1.50 bits per heavy atom. The zero-order valence-electron chi connectivity index (χ0n) is 8.95. The molecule has 1 amide bonds. The first-order valence-corrected chi connectivity index (χ1v) is 5.37. The summed E-state index contributed by atoms with van der Waals surface area (Å²) >= 11 is 0. The van der Waals surface area contributed by atoms with Gasteiger partial charge in [-0.15, -0.1) is 0 Å². The summed E-state index contributed by atoms with van der Waals surface area (Å²) < 4.78 is 0. The summed E-state index contributed by atoms with van der Waals surface area (Å²) in [6.45, 7) is 0.440. The van der Waals surface area contributed by atoms with Crippen LogP contribution in [0.2, 0.25) is 0 Å². The maximum Gasteiger partial charge on any atom is 0.268 e. The summed E-state index contributed by atoms with van der Waals surface area (Å²) in [5.74, 6) is -0.261. The molecule has 0 radical (unpaired) electrons. The standard InChI is InChI=1S/C11H15N3O2/c12-7-11(5-2-6-11)14-10(16)8-3-1-4-9(15)13-8/h1,3-4H,2,5-7,12H2,(H,13,15)(H,14,16). The molecule has 1 aliphatic carbocycles. The van der Waals surface area contributed by atoms with E-state index in [1.807, 2.05) is 0 Å². The lowest BCUT2D eigenvalue weighted by Gasteiger charge is -2.41. The van der Waals surface area contributed by atoms with E-state index < -0.39 is 0 Å². The molecule has 0 atom stereocenters. The van der Waals surface area contributed by atoms with E-state index in [0.29, 0.717) is 6.54 Å². The first kappa shape index (κ1) is 10.9. The van der Waals surface area contributed by atoms with E-state index in [9.17, 15) is 9.59 Å². The maximum absolute atomic E-state index is 11.8. The van der Waals surface area contributed by atoms with Gasteiger partial charge in [-0.25, -0.2) is 0 Å². The van der Waals surface area contributed by atoms with Gasteiger partial charge in [-0.3, -0.25) is 9.59 Å². The van der Waals surface area contributed by atoms with Crippen LogP contribution in [0.3, 0.4) is 0 Å². The Labute approximate surface area is 93.0 Å². The minimum absolute atomic E-state index is 0.260. The van der Waals surface area contributed by atoms with Gasteiger partial charge in [-0.2, -0.15) is 0 Å². The fourth-order valence-corrected chi connectivity index (χ4v) is 1.87. The van der Waals surface area contributed by atoms with Crippen LogP contribution in [0, 0.1) is 0 Å². The Balaban J connectivity index is 2.11. The van der Waals surface area contributed by atoms with Gasteiger partial charge in [0.05, 0.1) is 5.54 Å². The van der Waals surface area contributed by atoms with Gasteiger partial charge < -0.3 is 16.0 Å². The molecule has 1 heterocycles. The fourth-order valence-electron chi connectivity index (χ4n) is 1.87. The van der Waals surface area contributed by atoms with Gasteiger partial charge >= 0.3 is 0 Å². The molecule has 0 aromatic carbocycles. The van der Waals surface area contributed by atoms with Crippen molar-refractivity contribution in [3.63, 3.8) is 0 Å². The van der Waals surface area contributed by atoms with Crippen molar-refractivity contribution in [3.05, 3.63) is 34.2 Å². The van der Waals surface area contributed by atoms with Gasteiger partial charge in [0.25, 0.3) is 5.91 Å². The van der Waals surface area contributed by atoms with Crippen LogP contribution in [0.15, 0.2) is 23.0 Å². The number of amides is 1. The Hall–Kier alpha value is -1.62. The molecule has 0 spiro atoms. The molecule has 86 valence electrons. The molecule has 1 aliphatic rings. The van der Waals surface area contributed by atoms with Crippen LogP contribution in [0.1, 0.15) is 29.8 Å². The van der Waals surface area contributed by atoms with Crippen LogP contribution in [0.5, 0.6) is 0 Å². The number of hydrogen-bond donors (Lipinski definition) is 3. The van der Waals surface area contributed by atoms with Gasteiger partial charge in [0.2, 0.25) is 5.56 Å². The third-order valence-corrected chi connectivity index (χ3v) is 3.09. The summed E-state index contributed by atoms with van der Waals surface area (Å²) in [6, 6.07) is 4.52. The molecule has 5 heteroatoms. The van der Waals surface area contributed by atoms with E-state index in [0.717, 1.165) is 19.3 Å². The third kappa shape index (κ3) is 1.99. The lowest BCUT2D eigenvalue weighted by Crippen LogP contribution is -2.58. The van der Waals surface area contributed by atoms with Crippen molar-refractivity contribution in [2.75, 3.05) is 6.54 Å². The van der Waals surface area contributed by atoms with Crippen LogP contribution < -0.4 is 16.6 Å². The molecule has 0 bridgehead atoms. The van der Waals surface area contributed by atoms with E-state index in [2.05, 4.69) is 10.3 Å². The van der Waals surface area contributed by atoms with Crippen LogP contribution in [-0.2, 0) is 0 Å². The summed E-state index contributed by atoms with van der Waals surface area (Å²) in [7, 11) is 0. The van der Waals surface area contributed by atoms with E-state index >= 15 is 0 Å². The second-order valence-corrected chi connectivity index (χ2v) is 4.22. The van der Waals surface area contributed by atoms with Crippen molar-refractivity contribution >= 4 is 5.91 Å². The Morgan fingerprint density at radius 3 is 2.75 bits per heavy atom. The molecule has 1 saturated carbocycles. The highest BCUT2D eigenvalue weighted by Crippen LogP contribution is 2.30. The van der Waals surface area contributed by atoms with Crippen molar-refractivity contribution in [2.24, 2.45) is 5.73 Å². The molecule has 0 unspecified atom stereocenters. The van der Waals surface area contributed by atoms with Crippen molar-refractivity contribution in [1.82, 2.24) is 10.3 Å². The normalized spacial score (nSPS) is 17.6. The topological polar surface area (TPSA) is 88.0 Å². The van der Waals surface area contributed by atoms with Crippen molar-refractivity contribution in [3.8, 4) is 0 Å². The molecule has 0 saturated heterocycles. The maximum atomic E-state index is 11.8. The number of aromatic amines is 1. The number of carbonyl (C=O) groups excluding carboxylic acids is 1. The number of carbonyl (C=O) groups is 1. The number of aromatic nitrogens is 1. The SMILES string of the molecule is NCC1(NC(=O)c2cccc(=O)[nH]2)CCC1. The Morgan fingerprint density at radius 2 is 2.25 bits per heavy atom. The lowest BCUT2D eigenvalue weighted by atomic mass is 9.77. The Kier molecular flexibility index (Phi) is 2.78. The molecule has 5 nitrogen and oxygen atoms in total. The van der Waals surface area contributed by atoms with Crippen LogP contribution in [0.4, 0.5) is 0 Å². The third-order valence-electron chi connectivity index (χ3n) is 3.09. The Bertz CT molecular complexity index is 443. The summed E-state index contributed by atoms with van der Waals surface area (Å²) in [6.07, 6.45) is 2.90. The highest BCUT2D eigenvalue weighted by Gasteiger charge is 2.37. The van der Waals surface area contributed by atoms with Crippen LogP contribution in [0.25, 0.3) is 0 Å². The largest absolute Gasteiger partial charge is 0.344 e. The fraction of sp³-hybridized carbons (Fsp3) is 0.455. The van der Waals surface area contributed by atoms with E-state index in [-0.39, 0.29) is 22.7 Å². The number of pyridine rings is 1. The molecule has 1 fully saturated rings. The minimum Gasteiger partial charge on any atom is -0.344 e. The molecule has 4 N–H and O–H groups in total. The van der Waals surface area contributed by atoms with E-state index in [4.69, 9.17) is 5.73 Å². The second-order valence-electron chi connectivity index (χ2n) is 4.22. The van der Waals surface area contributed by atoms with Gasteiger partial charge in [-0.1, -0.05) is 6.07 Å². The highest BCUT2D eigenvalue weighted by atomic mass is 16.2. The average Bonchev–Trinajstić information content (AvgIpc) is 2.23. The van der Waals surface area contributed by atoms with Gasteiger partial charge in [0.1, 0.15) is 5.69 Å². The molecule has 2 rings (SSSR count). The second kappa shape index (κ2) is 4.09. The van der Waals surface area contributed by atoms with Gasteiger partial charge in [0, 0.05) is 12.6 Å². The first-order valence-electron chi connectivity index (χ1n) is 5.37. The average molecular weight is 221 g/mol. The molecule has 1 aromatic heterocycles.